The number of nitrogens with one attached hydrogen (secondary N) is 1. The van der Waals surface area contributed by atoms with Crippen LogP contribution in [0.2, 0.25) is 0 Å². The Morgan fingerprint density at radius 1 is 1.25 bits per heavy atom. The molecule has 0 heterocycles. The van der Waals surface area contributed by atoms with Gasteiger partial charge in [-0.2, -0.15) is 0 Å². The van der Waals surface area contributed by atoms with Crippen LogP contribution in [0.4, 0.5) is 0 Å². The first-order valence-electron chi connectivity index (χ1n) is 5.62. The molecule has 0 aliphatic carbocycles. The van der Waals surface area contributed by atoms with E-state index >= 15 is 0 Å². The van der Waals surface area contributed by atoms with Crippen LogP contribution in [0, 0.1) is 0 Å². The van der Waals surface area contributed by atoms with Gasteiger partial charge in [0.1, 0.15) is 0 Å². The van der Waals surface area contributed by atoms with Gasteiger partial charge in [-0.3, -0.25) is 4.79 Å². The first-order valence-corrected chi connectivity index (χ1v) is 5.62. The number of aryl methyl sites for hydroxylation is 1. The summed E-state index contributed by atoms with van der Waals surface area (Å²) < 4.78 is 0. The third kappa shape index (κ3) is 3.66. The Labute approximate surface area is 97.5 Å². The standard InChI is InChI=1S/C13H20N2O/c1-4-11-7-5-6-8-12(11)9-14-10-13(16)15(2)3/h5-8,14H,4,9-10H2,1-3H3. The van der Waals surface area contributed by atoms with E-state index in [0.29, 0.717) is 6.54 Å². The van der Waals surface area contributed by atoms with E-state index in [9.17, 15) is 4.79 Å². The molecule has 0 unspecified atom stereocenters. The van der Waals surface area contributed by atoms with E-state index in [-0.39, 0.29) is 5.91 Å². The van der Waals surface area contributed by atoms with E-state index in [2.05, 4.69) is 24.4 Å². The fourth-order valence-corrected chi connectivity index (χ4v) is 1.54. The van der Waals surface area contributed by atoms with Gasteiger partial charge in [0.2, 0.25) is 5.91 Å². The summed E-state index contributed by atoms with van der Waals surface area (Å²) in [4.78, 5) is 12.9. The van der Waals surface area contributed by atoms with Crippen molar-refractivity contribution >= 4 is 5.91 Å². The lowest BCUT2D eigenvalue weighted by molar-refractivity contribution is -0.127. The van der Waals surface area contributed by atoms with E-state index in [0.717, 1.165) is 13.0 Å². The zero-order chi connectivity index (χ0) is 12.0. The Morgan fingerprint density at radius 2 is 1.88 bits per heavy atom. The van der Waals surface area contributed by atoms with E-state index in [1.54, 1.807) is 19.0 Å². The van der Waals surface area contributed by atoms with E-state index < -0.39 is 0 Å². The van der Waals surface area contributed by atoms with Crippen LogP contribution in [0.15, 0.2) is 24.3 Å². The van der Waals surface area contributed by atoms with E-state index in [4.69, 9.17) is 0 Å². The highest BCUT2D eigenvalue weighted by atomic mass is 16.2. The molecule has 0 radical (unpaired) electrons. The smallest absolute Gasteiger partial charge is 0.236 e. The molecule has 0 fully saturated rings. The van der Waals surface area contributed by atoms with Crippen LogP contribution in [0.25, 0.3) is 0 Å². The van der Waals surface area contributed by atoms with Crippen molar-refractivity contribution < 1.29 is 4.79 Å². The Kier molecular flexibility index (Phi) is 4.99. The Morgan fingerprint density at radius 3 is 2.44 bits per heavy atom. The van der Waals surface area contributed by atoms with Crippen LogP contribution in [0.3, 0.4) is 0 Å². The lowest BCUT2D eigenvalue weighted by Crippen LogP contribution is -2.32. The number of hydrogen-bond donors (Lipinski definition) is 1. The topological polar surface area (TPSA) is 32.3 Å². The third-order valence-electron chi connectivity index (χ3n) is 2.59. The maximum absolute atomic E-state index is 11.4. The quantitative estimate of drug-likeness (QED) is 0.814. The lowest BCUT2D eigenvalue weighted by atomic mass is 10.1. The van der Waals surface area contributed by atoms with Crippen LogP contribution < -0.4 is 5.32 Å². The van der Waals surface area contributed by atoms with Gasteiger partial charge in [0.25, 0.3) is 0 Å². The van der Waals surface area contributed by atoms with Crippen molar-refractivity contribution in [2.45, 2.75) is 19.9 Å². The second-order valence-electron chi connectivity index (χ2n) is 4.01. The highest BCUT2D eigenvalue weighted by Gasteiger charge is 2.03. The van der Waals surface area contributed by atoms with Gasteiger partial charge in [0.15, 0.2) is 0 Å². The van der Waals surface area contributed by atoms with Crippen molar-refractivity contribution in [3.05, 3.63) is 35.4 Å². The monoisotopic (exact) mass is 220 g/mol. The predicted octanol–water partition coefficient (Wildman–Crippen LogP) is 1.43. The van der Waals surface area contributed by atoms with Crippen LogP contribution in [-0.2, 0) is 17.8 Å². The molecule has 0 spiro atoms. The van der Waals surface area contributed by atoms with Crippen LogP contribution in [0.5, 0.6) is 0 Å². The van der Waals surface area contributed by atoms with Gasteiger partial charge in [-0.15, -0.1) is 0 Å². The van der Waals surface area contributed by atoms with Crippen molar-refractivity contribution in [1.29, 1.82) is 0 Å². The SMILES string of the molecule is CCc1ccccc1CNCC(=O)N(C)C. The molecule has 0 saturated carbocycles. The molecular formula is C13H20N2O. The summed E-state index contributed by atoms with van der Waals surface area (Å²) in [6.45, 7) is 3.29. The first kappa shape index (κ1) is 12.7. The molecule has 3 nitrogen and oxygen atoms in total. The zero-order valence-electron chi connectivity index (χ0n) is 10.3. The van der Waals surface area contributed by atoms with Crippen LogP contribution in [-0.4, -0.2) is 31.4 Å². The fraction of sp³-hybridized carbons (Fsp3) is 0.462. The molecule has 0 atom stereocenters. The molecular weight excluding hydrogens is 200 g/mol. The maximum atomic E-state index is 11.4. The average molecular weight is 220 g/mol. The number of carbonyl (C=O) groups excluding carboxylic acids is 1. The predicted molar refractivity (Wildman–Crippen MR) is 66.2 cm³/mol. The minimum absolute atomic E-state index is 0.106. The van der Waals surface area contributed by atoms with Crippen LogP contribution in [0.1, 0.15) is 18.1 Å². The number of likely N-dealkylation sites (N-methyl/N-ethyl adjacent to an activating group) is 1. The first-order chi connectivity index (χ1) is 7.65. The summed E-state index contributed by atoms with van der Waals surface area (Å²) >= 11 is 0. The van der Waals surface area contributed by atoms with Gasteiger partial charge >= 0.3 is 0 Å². The average Bonchev–Trinajstić information content (AvgIpc) is 2.29. The fourth-order valence-electron chi connectivity index (χ4n) is 1.54. The molecule has 16 heavy (non-hydrogen) atoms. The molecule has 3 heteroatoms. The molecule has 0 saturated heterocycles. The summed E-state index contributed by atoms with van der Waals surface area (Å²) in [6, 6.07) is 8.31. The molecule has 0 aromatic heterocycles. The molecule has 1 aromatic carbocycles. The molecule has 88 valence electrons. The summed E-state index contributed by atoms with van der Waals surface area (Å²) in [5, 5.41) is 3.17. The summed E-state index contributed by atoms with van der Waals surface area (Å²) in [6.07, 6.45) is 1.03. The summed E-state index contributed by atoms with van der Waals surface area (Å²) in [5.41, 5.74) is 2.61. The number of benzene rings is 1. The molecule has 0 bridgehead atoms. The second-order valence-corrected chi connectivity index (χ2v) is 4.01. The summed E-state index contributed by atoms with van der Waals surface area (Å²) in [5.74, 6) is 0.106. The Bertz CT molecular complexity index is 348. The molecule has 1 rings (SSSR count). The number of carbonyl (C=O) groups is 1. The van der Waals surface area contributed by atoms with Gasteiger partial charge in [0.05, 0.1) is 6.54 Å². The zero-order valence-corrected chi connectivity index (χ0v) is 10.3. The largest absolute Gasteiger partial charge is 0.348 e. The van der Waals surface area contributed by atoms with E-state index in [1.165, 1.54) is 11.1 Å². The van der Waals surface area contributed by atoms with Gasteiger partial charge < -0.3 is 10.2 Å². The third-order valence-corrected chi connectivity index (χ3v) is 2.59. The number of rotatable bonds is 5. The van der Waals surface area contributed by atoms with E-state index in [1.807, 2.05) is 12.1 Å². The van der Waals surface area contributed by atoms with Crippen molar-refractivity contribution in [1.82, 2.24) is 10.2 Å². The lowest BCUT2D eigenvalue weighted by Gasteiger charge is -2.12. The highest BCUT2D eigenvalue weighted by molar-refractivity contribution is 5.77. The number of hydrogen-bond acceptors (Lipinski definition) is 2. The van der Waals surface area contributed by atoms with Crippen molar-refractivity contribution in [2.75, 3.05) is 20.6 Å². The maximum Gasteiger partial charge on any atom is 0.236 e. The minimum Gasteiger partial charge on any atom is -0.348 e. The van der Waals surface area contributed by atoms with Crippen molar-refractivity contribution in [3.63, 3.8) is 0 Å². The number of nitrogens with zero attached hydrogens (tertiary/aromatic N) is 1. The van der Waals surface area contributed by atoms with Gasteiger partial charge in [-0.25, -0.2) is 0 Å². The normalized spacial score (nSPS) is 10.2. The molecule has 0 aliphatic rings. The second kappa shape index (κ2) is 6.28. The Balaban J connectivity index is 2.45. The molecule has 0 aliphatic heterocycles. The molecule has 1 N–H and O–H groups in total. The van der Waals surface area contributed by atoms with Crippen molar-refractivity contribution in [3.8, 4) is 0 Å². The number of amides is 1. The van der Waals surface area contributed by atoms with Gasteiger partial charge in [-0.05, 0) is 17.5 Å². The molecule has 1 amide bonds. The van der Waals surface area contributed by atoms with Gasteiger partial charge in [-0.1, -0.05) is 31.2 Å². The minimum atomic E-state index is 0.106. The summed E-state index contributed by atoms with van der Waals surface area (Å²) in [7, 11) is 3.54. The van der Waals surface area contributed by atoms with Gasteiger partial charge in [0, 0.05) is 20.6 Å². The highest BCUT2D eigenvalue weighted by Crippen LogP contribution is 2.08. The molecule has 1 aromatic rings. The van der Waals surface area contributed by atoms with Crippen LogP contribution >= 0.6 is 0 Å². The van der Waals surface area contributed by atoms with Crippen molar-refractivity contribution in [2.24, 2.45) is 0 Å². The Hall–Kier alpha value is -1.35.